The number of methoxy groups -OCH3 is 1. The fourth-order valence-electron chi connectivity index (χ4n) is 7.42. The number of hydrogen-bond donors (Lipinski definition) is 0. The van der Waals surface area contributed by atoms with E-state index >= 15 is 0 Å². The molecule has 2 heterocycles. The molecule has 0 saturated heterocycles. The Bertz CT molecular complexity index is 1620. The summed E-state index contributed by atoms with van der Waals surface area (Å²) in [6, 6.07) is 4.27. The molecule has 0 bridgehead atoms. The third kappa shape index (κ3) is 8.01. The van der Waals surface area contributed by atoms with Crippen LogP contribution in [-0.2, 0) is 35.5 Å². The molecule has 2 aromatic carbocycles. The van der Waals surface area contributed by atoms with E-state index in [0.717, 1.165) is 37.8 Å². The number of hydrogen-bond acceptors (Lipinski definition) is 7. The normalized spacial score (nSPS) is 20.3. The van der Waals surface area contributed by atoms with Gasteiger partial charge in [0.1, 0.15) is 0 Å². The van der Waals surface area contributed by atoms with Crippen molar-refractivity contribution < 1.29 is 35.9 Å². The lowest BCUT2D eigenvalue weighted by atomic mass is 9.80. The van der Waals surface area contributed by atoms with Crippen LogP contribution in [0.4, 0.5) is 38.0 Å². The highest BCUT2D eigenvalue weighted by atomic mass is 35.5. The molecule has 1 saturated carbocycles. The van der Waals surface area contributed by atoms with Crippen molar-refractivity contribution in [2.45, 2.75) is 83.7 Å². The Hall–Kier alpha value is -3.55. The lowest BCUT2D eigenvalue weighted by molar-refractivity contribution is -0.142. The van der Waals surface area contributed by atoms with Gasteiger partial charge in [-0.05, 0) is 110 Å². The Balaban J connectivity index is 1.56. The molecule has 0 spiro atoms. The molecule has 0 amide bonds. The predicted molar refractivity (Wildman–Crippen MR) is 169 cm³/mol. The second kappa shape index (κ2) is 14.1. The highest BCUT2D eigenvalue weighted by Crippen LogP contribution is 2.47. The van der Waals surface area contributed by atoms with Crippen LogP contribution < -0.4 is 9.80 Å². The Morgan fingerprint density at radius 3 is 2.29 bits per heavy atom. The fourth-order valence-corrected chi connectivity index (χ4v) is 7.68. The molecule has 1 atom stereocenters. The fraction of sp³-hybridized carbons (Fsp3) is 0.576. The molecule has 15 heteroatoms. The molecule has 1 aromatic heterocycles. The summed E-state index contributed by atoms with van der Waals surface area (Å²) >= 11 is 6.13. The van der Waals surface area contributed by atoms with Crippen LogP contribution in [0.3, 0.4) is 0 Å². The Morgan fingerprint density at radius 1 is 1.00 bits per heavy atom. The van der Waals surface area contributed by atoms with Crippen molar-refractivity contribution in [3.8, 4) is 0 Å². The number of fused-ring (bicyclic) bond motifs is 1. The van der Waals surface area contributed by atoms with E-state index < -0.39 is 29.5 Å². The zero-order chi connectivity index (χ0) is 35.0. The Morgan fingerprint density at radius 2 is 1.69 bits per heavy atom. The van der Waals surface area contributed by atoms with Gasteiger partial charge >= 0.3 is 18.3 Å². The van der Waals surface area contributed by atoms with Gasteiger partial charge in [0.2, 0.25) is 0 Å². The van der Waals surface area contributed by atoms with Crippen LogP contribution in [0.25, 0.3) is 0 Å². The number of ether oxygens (including phenoxy) is 1. The first-order valence-corrected chi connectivity index (χ1v) is 16.3. The van der Waals surface area contributed by atoms with Crippen LogP contribution in [0.2, 0.25) is 5.02 Å². The van der Waals surface area contributed by atoms with E-state index in [2.05, 4.69) is 15.4 Å². The molecular formula is C33H39ClF6N6O2. The molecule has 1 aliphatic heterocycles. The standard InChI is InChI=1S/C33H39ClF6N6O2/c1-19-12-26-27(46(31-41-43-44(3)42-31)18-23-13-24(32(35,36)37)16-25(34)14-23)6-5-11-45(30(26)20(2)29(19)33(38,39)40)17-22-9-7-21(8-10-22)15-28(47)48-4/h12-14,16,21-22,27H,5-11,15,17-18H2,1-4H3/t21?,22?,27-/m0/s1. The smallest absolute Gasteiger partial charge is 0.416 e. The lowest BCUT2D eigenvalue weighted by Crippen LogP contribution is -2.34. The van der Waals surface area contributed by atoms with Gasteiger partial charge in [-0.3, -0.25) is 4.79 Å². The van der Waals surface area contributed by atoms with Crippen molar-refractivity contribution in [2.75, 3.05) is 30.0 Å². The molecule has 2 aliphatic rings. The number of carbonyl (C=O) groups excluding carboxylic acids is 1. The first-order valence-electron chi connectivity index (χ1n) is 16.0. The van der Waals surface area contributed by atoms with Crippen LogP contribution in [0.1, 0.15) is 84.4 Å². The van der Waals surface area contributed by atoms with Crippen molar-refractivity contribution in [1.82, 2.24) is 20.2 Å². The molecule has 3 aromatic rings. The lowest BCUT2D eigenvalue weighted by Gasteiger charge is -2.37. The van der Waals surface area contributed by atoms with Gasteiger partial charge in [-0.2, -0.15) is 31.1 Å². The van der Waals surface area contributed by atoms with E-state index in [0.29, 0.717) is 43.6 Å². The highest BCUT2D eigenvalue weighted by Gasteiger charge is 2.40. The van der Waals surface area contributed by atoms with Crippen LogP contribution in [0, 0.1) is 25.7 Å². The number of esters is 1. The second-order valence-electron chi connectivity index (χ2n) is 13.0. The van der Waals surface area contributed by atoms with Crippen LogP contribution >= 0.6 is 11.6 Å². The van der Waals surface area contributed by atoms with E-state index in [4.69, 9.17) is 16.3 Å². The number of halogens is 7. The molecule has 0 unspecified atom stereocenters. The summed E-state index contributed by atoms with van der Waals surface area (Å²) in [6.45, 7) is 3.86. The van der Waals surface area contributed by atoms with Gasteiger partial charge in [0, 0.05) is 36.8 Å². The number of anilines is 2. The summed E-state index contributed by atoms with van der Waals surface area (Å²) in [6.07, 6.45) is -4.48. The van der Waals surface area contributed by atoms with Gasteiger partial charge in [-0.25, -0.2) is 0 Å². The monoisotopic (exact) mass is 700 g/mol. The minimum Gasteiger partial charge on any atom is -0.469 e. The molecule has 0 radical (unpaired) electrons. The third-order valence-electron chi connectivity index (χ3n) is 9.53. The largest absolute Gasteiger partial charge is 0.469 e. The zero-order valence-electron chi connectivity index (χ0n) is 27.3. The number of carbonyl (C=O) groups is 1. The Kier molecular flexibility index (Phi) is 10.5. The van der Waals surface area contributed by atoms with E-state index in [1.165, 1.54) is 31.8 Å². The number of alkyl halides is 6. The van der Waals surface area contributed by atoms with Gasteiger partial charge in [-0.1, -0.05) is 22.8 Å². The van der Waals surface area contributed by atoms with E-state index in [-0.39, 0.29) is 52.0 Å². The van der Waals surface area contributed by atoms with Crippen molar-refractivity contribution in [2.24, 2.45) is 18.9 Å². The van der Waals surface area contributed by atoms with Gasteiger partial charge in [0.15, 0.2) is 0 Å². The predicted octanol–water partition coefficient (Wildman–Crippen LogP) is 8.24. The number of rotatable bonds is 8. The maximum Gasteiger partial charge on any atom is 0.416 e. The van der Waals surface area contributed by atoms with Crippen molar-refractivity contribution in [3.05, 3.63) is 62.7 Å². The minimum absolute atomic E-state index is 0.0584. The number of aryl methyl sites for hydroxylation is 2. The first kappa shape index (κ1) is 35.7. The summed E-state index contributed by atoms with van der Waals surface area (Å²) in [5, 5.41) is 12.4. The number of benzene rings is 2. The molecule has 8 nitrogen and oxygen atoms in total. The van der Waals surface area contributed by atoms with E-state index in [9.17, 15) is 31.1 Å². The number of nitrogens with zero attached hydrogens (tertiary/aromatic N) is 6. The number of tetrazole rings is 1. The summed E-state index contributed by atoms with van der Waals surface area (Å²) in [7, 11) is 2.93. The highest BCUT2D eigenvalue weighted by molar-refractivity contribution is 6.30. The van der Waals surface area contributed by atoms with E-state index in [1.54, 1.807) is 18.0 Å². The SMILES string of the molecule is COC(=O)CC1CCC(CN2CCC[C@H](N(Cc3cc(Cl)cc(C(F)(F)F)c3)c3nnn(C)n3)c3cc(C)c(C(F)(F)F)c(C)c32)CC1. The molecule has 1 aliphatic carbocycles. The topological polar surface area (TPSA) is 76.4 Å². The van der Waals surface area contributed by atoms with Crippen LogP contribution in [-0.4, -0.2) is 46.4 Å². The maximum absolute atomic E-state index is 14.5. The first-order chi connectivity index (χ1) is 22.5. The minimum atomic E-state index is -4.63. The average molecular weight is 701 g/mol. The summed E-state index contributed by atoms with van der Waals surface area (Å²) in [5.74, 6) is 0.317. The summed E-state index contributed by atoms with van der Waals surface area (Å²) < 4.78 is 89.6. The molecule has 262 valence electrons. The van der Waals surface area contributed by atoms with Gasteiger partial charge in [0.05, 0.1) is 31.3 Å². The van der Waals surface area contributed by atoms with Gasteiger partial charge in [-0.15, -0.1) is 5.10 Å². The summed E-state index contributed by atoms with van der Waals surface area (Å²) in [5.41, 5.74) is -0.0895. The van der Waals surface area contributed by atoms with Crippen molar-refractivity contribution in [3.63, 3.8) is 0 Å². The van der Waals surface area contributed by atoms with Gasteiger partial charge in [0.25, 0.3) is 5.95 Å². The van der Waals surface area contributed by atoms with Crippen LogP contribution in [0.15, 0.2) is 24.3 Å². The summed E-state index contributed by atoms with van der Waals surface area (Å²) in [4.78, 5) is 16.8. The maximum atomic E-state index is 14.5. The van der Waals surface area contributed by atoms with Crippen molar-refractivity contribution >= 4 is 29.2 Å². The molecule has 48 heavy (non-hydrogen) atoms. The van der Waals surface area contributed by atoms with E-state index in [1.807, 2.05) is 4.90 Å². The molecule has 5 rings (SSSR count). The van der Waals surface area contributed by atoms with Crippen LogP contribution in [0.5, 0.6) is 0 Å². The zero-order valence-corrected chi connectivity index (χ0v) is 28.0. The number of aromatic nitrogens is 4. The second-order valence-corrected chi connectivity index (χ2v) is 13.4. The van der Waals surface area contributed by atoms with Gasteiger partial charge < -0.3 is 14.5 Å². The Labute approximate surface area is 280 Å². The molecule has 0 N–H and O–H groups in total. The third-order valence-corrected chi connectivity index (χ3v) is 9.75. The average Bonchev–Trinajstić information content (AvgIpc) is 3.34. The molecular weight excluding hydrogens is 662 g/mol. The quantitative estimate of drug-likeness (QED) is 0.173. The molecule has 1 fully saturated rings. The van der Waals surface area contributed by atoms with Crippen molar-refractivity contribution in [1.29, 1.82) is 0 Å².